The lowest BCUT2D eigenvalue weighted by Crippen LogP contribution is -2.37. The van der Waals surface area contributed by atoms with E-state index in [4.69, 9.17) is 14.6 Å². The summed E-state index contributed by atoms with van der Waals surface area (Å²) in [5, 5.41) is 18.4. The molecule has 2 aliphatic rings. The molecule has 2 aromatic rings. The predicted octanol–water partition coefficient (Wildman–Crippen LogP) is 3.74. The van der Waals surface area contributed by atoms with Crippen molar-refractivity contribution < 1.29 is 9.15 Å². The van der Waals surface area contributed by atoms with Gasteiger partial charge in [-0.2, -0.15) is 5.26 Å². The van der Waals surface area contributed by atoms with Crippen LogP contribution in [-0.2, 0) is 0 Å². The molecule has 5 nitrogen and oxygen atoms in total. The highest BCUT2D eigenvalue weighted by Gasteiger charge is 2.43. The molecule has 1 aromatic carbocycles. The summed E-state index contributed by atoms with van der Waals surface area (Å²) in [6.45, 7) is 0. The van der Waals surface area contributed by atoms with Gasteiger partial charge in [0.25, 0.3) is 0 Å². The first-order valence-electron chi connectivity index (χ1n) is 8.07. The maximum Gasteiger partial charge on any atom is 0.343 e. The number of allylic oxidation sites excluding steroid dienone is 2. The fraction of sp³-hybridized carbons (Fsp3) is 0.316. The molecule has 1 N–H and O–H groups in total. The number of rotatable bonds is 1. The van der Waals surface area contributed by atoms with E-state index in [2.05, 4.69) is 18.2 Å². The Morgan fingerprint density at radius 2 is 2.08 bits per heavy atom. The van der Waals surface area contributed by atoms with Crippen molar-refractivity contribution in [1.29, 1.82) is 10.7 Å². The van der Waals surface area contributed by atoms with Crippen LogP contribution in [0.4, 0.5) is 0 Å². The Balaban J connectivity index is 1.98. The Hall–Kier alpha value is -2.87. The number of para-hydroxylation sites is 1. The number of nitriles is 1. The van der Waals surface area contributed by atoms with Crippen molar-refractivity contribution in [1.82, 2.24) is 0 Å². The Kier molecular flexibility index (Phi) is 3.46. The maximum absolute atomic E-state index is 12.7. The molecule has 0 bridgehead atoms. The van der Waals surface area contributed by atoms with Crippen molar-refractivity contribution in [2.75, 3.05) is 0 Å². The molecule has 0 fully saturated rings. The topological polar surface area (TPSA) is 87.1 Å². The highest BCUT2D eigenvalue weighted by atomic mass is 16.5. The SMILES string of the molecule is N#CC1C(=N)Oc2c(c(=O)oc3ccccc23)C1C1CC=CCC1. The fourth-order valence-electron chi connectivity index (χ4n) is 3.83. The van der Waals surface area contributed by atoms with Gasteiger partial charge in [0.2, 0.25) is 5.90 Å². The second-order valence-electron chi connectivity index (χ2n) is 6.27. The summed E-state index contributed by atoms with van der Waals surface area (Å²) in [6.07, 6.45) is 6.80. The third-order valence-electron chi connectivity index (χ3n) is 4.94. The standard InChI is InChI=1S/C19H16N2O3/c20-10-13-15(11-6-2-1-3-7-11)16-17(24-18(13)21)12-8-4-5-9-14(12)23-19(16)22/h1-2,4-5,8-9,11,13,15,21H,3,6-7H2. The molecule has 120 valence electrons. The molecule has 3 atom stereocenters. The molecule has 3 unspecified atom stereocenters. The van der Waals surface area contributed by atoms with E-state index in [-0.39, 0.29) is 17.7 Å². The van der Waals surface area contributed by atoms with Crippen LogP contribution in [-0.4, -0.2) is 5.90 Å². The molecule has 0 spiro atoms. The van der Waals surface area contributed by atoms with Crippen molar-refractivity contribution in [2.24, 2.45) is 11.8 Å². The number of hydrogen-bond acceptors (Lipinski definition) is 5. The Morgan fingerprint density at radius 1 is 1.25 bits per heavy atom. The molecule has 5 heteroatoms. The zero-order valence-electron chi connectivity index (χ0n) is 13.0. The minimum Gasteiger partial charge on any atom is -0.441 e. The van der Waals surface area contributed by atoms with Gasteiger partial charge in [0.1, 0.15) is 11.5 Å². The lowest BCUT2D eigenvalue weighted by Gasteiger charge is -2.35. The monoisotopic (exact) mass is 320 g/mol. The van der Waals surface area contributed by atoms with Crippen molar-refractivity contribution >= 4 is 16.9 Å². The van der Waals surface area contributed by atoms with Gasteiger partial charge in [0.05, 0.1) is 17.0 Å². The van der Waals surface area contributed by atoms with Crippen LogP contribution in [0.1, 0.15) is 30.7 Å². The highest BCUT2D eigenvalue weighted by Crippen LogP contribution is 2.46. The van der Waals surface area contributed by atoms with Crippen LogP contribution in [0.5, 0.6) is 5.75 Å². The molecule has 0 radical (unpaired) electrons. The minimum absolute atomic E-state index is 0.0830. The van der Waals surface area contributed by atoms with E-state index < -0.39 is 11.5 Å². The van der Waals surface area contributed by atoms with Crippen molar-refractivity contribution in [3.05, 3.63) is 52.4 Å². The molecular weight excluding hydrogens is 304 g/mol. The normalized spacial score (nSPS) is 25.8. The first-order chi connectivity index (χ1) is 11.7. The van der Waals surface area contributed by atoms with E-state index in [0.717, 1.165) is 19.3 Å². The summed E-state index contributed by atoms with van der Waals surface area (Å²) in [4.78, 5) is 12.7. The van der Waals surface area contributed by atoms with Gasteiger partial charge in [-0.3, -0.25) is 5.41 Å². The molecule has 4 rings (SSSR count). The first kappa shape index (κ1) is 14.7. The molecule has 1 aliphatic carbocycles. The van der Waals surface area contributed by atoms with Crippen LogP contribution in [0, 0.1) is 28.6 Å². The Morgan fingerprint density at radius 3 is 2.83 bits per heavy atom. The van der Waals surface area contributed by atoms with Gasteiger partial charge < -0.3 is 9.15 Å². The third-order valence-corrected chi connectivity index (χ3v) is 4.94. The number of fused-ring (bicyclic) bond motifs is 3. The molecule has 24 heavy (non-hydrogen) atoms. The second kappa shape index (κ2) is 5.64. The first-order valence-corrected chi connectivity index (χ1v) is 8.07. The Labute approximate surface area is 138 Å². The van der Waals surface area contributed by atoms with Crippen LogP contribution < -0.4 is 10.4 Å². The van der Waals surface area contributed by atoms with Crippen LogP contribution in [0.15, 0.2) is 45.6 Å². The molecule has 0 saturated heterocycles. The summed E-state index contributed by atoms with van der Waals surface area (Å²) < 4.78 is 11.1. The van der Waals surface area contributed by atoms with Gasteiger partial charge in [0, 0.05) is 5.92 Å². The van der Waals surface area contributed by atoms with E-state index in [1.165, 1.54) is 0 Å². The Bertz CT molecular complexity index is 951. The van der Waals surface area contributed by atoms with Gasteiger partial charge >= 0.3 is 5.63 Å². The van der Waals surface area contributed by atoms with Gasteiger partial charge in [-0.1, -0.05) is 24.3 Å². The van der Waals surface area contributed by atoms with E-state index in [1.807, 2.05) is 12.1 Å². The van der Waals surface area contributed by atoms with Crippen molar-refractivity contribution in [3.63, 3.8) is 0 Å². The maximum atomic E-state index is 12.7. The van der Waals surface area contributed by atoms with Crippen LogP contribution in [0.2, 0.25) is 0 Å². The zero-order valence-corrected chi connectivity index (χ0v) is 13.0. The fourth-order valence-corrected chi connectivity index (χ4v) is 3.83. The van der Waals surface area contributed by atoms with Crippen LogP contribution >= 0.6 is 0 Å². The van der Waals surface area contributed by atoms with E-state index in [0.29, 0.717) is 22.3 Å². The van der Waals surface area contributed by atoms with Crippen LogP contribution in [0.25, 0.3) is 11.0 Å². The van der Waals surface area contributed by atoms with E-state index in [1.54, 1.807) is 12.1 Å². The van der Waals surface area contributed by atoms with Gasteiger partial charge in [0.15, 0.2) is 5.75 Å². The van der Waals surface area contributed by atoms with Crippen LogP contribution in [0.3, 0.4) is 0 Å². The summed E-state index contributed by atoms with van der Waals surface area (Å²) in [6, 6.07) is 9.31. The lowest BCUT2D eigenvalue weighted by atomic mass is 9.71. The largest absolute Gasteiger partial charge is 0.441 e. The highest BCUT2D eigenvalue weighted by molar-refractivity contribution is 5.92. The molecule has 2 heterocycles. The van der Waals surface area contributed by atoms with Gasteiger partial charge in [-0.05, 0) is 37.3 Å². The lowest BCUT2D eigenvalue weighted by molar-refractivity contribution is 0.311. The molecule has 1 aliphatic heterocycles. The second-order valence-corrected chi connectivity index (χ2v) is 6.27. The summed E-state index contributed by atoms with van der Waals surface area (Å²) in [5.41, 5.74) is 0.388. The minimum atomic E-state index is -0.752. The molecule has 1 aromatic heterocycles. The van der Waals surface area contributed by atoms with Gasteiger partial charge in [-0.25, -0.2) is 4.79 Å². The summed E-state index contributed by atoms with van der Waals surface area (Å²) in [7, 11) is 0. The summed E-state index contributed by atoms with van der Waals surface area (Å²) >= 11 is 0. The average molecular weight is 320 g/mol. The third kappa shape index (κ3) is 2.15. The summed E-state index contributed by atoms with van der Waals surface area (Å²) in [5.74, 6) is -0.681. The number of nitrogens with zero attached hydrogens (tertiary/aromatic N) is 1. The van der Waals surface area contributed by atoms with Crippen molar-refractivity contribution in [2.45, 2.75) is 25.2 Å². The smallest absolute Gasteiger partial charge is 0.343 e. The zero-order chi connectivity index (χ0) is 16.7. The molecule has 0 saturated carbocycles. The van der Waals surface area contributed by atoms with Crippen molar-refractivity contribution in [3.8, 4) is 11.8 Å². The number of ether oxygens (including phenoxy) is 1. The average Bonchev–Trinajstić information content (AvgIpc) is 2.61. The molecule has 0 amide bonds. The predicted molar refractivity (Wildman–Crippen MR) is 89.2 cm³/mol. The number of nitrogens with one attached hydrogen (secondary N) is 1. The quantitative estimate of drug-likeness (QED) is 0.640. The van der Waals surface area contributed by atoms with E-state index in [9.17, 15) is 10.1 Å². The molecular formula is C19H16N2O3. The van der Waals surface area contributed by atoms with Gasteiger partial charge in [-0.15, -0.1) is 0 Å². The van der Waals surface area contributed by atoms with E-state index >= 15 is 0 Å². The number of benzene rings is 1. The number of hydrogen-bond donors (Lipinski definition) is 1.